The number of hydrogen-bond acceptors (Lipinski definition) is 2. The van der Waals surface area contributed by atoms with Crippen LogP contribution in [-0.4, -0.2) is 12.6 Å². The van der Waals surface area contributed by atoms with E-state index < -0.39 is 23.5 Å². The van der Waals surface area contributed by atoms with Crippen molar-refractivity contribution in [1.82, 2.24) is 0 Å². The molecule has 0 aliphatic carbocycles. The average Bonchev–Trinajstić information content (AvgIpc) is 2.28. The summed E-state index contributed by atoms with van der Waals surface area (Å²) >= 11 is 2.89. The fraction of sp³-hybridized carbons (Fsp3) is 0.250. The third-order valence-electron chi connectivity index (χ3n) is 2.08. The molecular formula is C12H9BrF4O2. The predicted octanol–water partition coefficient (Wildman–Crippen LogP) is 4.18. The van der Waals surface area contributed by atoms with Gasteiger partial charge in [-0.2, -0.15) is 13.2 Å². The topological polar surface area (TPSA) is 26.3 Å². The van der Waals surface area contributed by atoms with Crippen LogP contribution in [0.3, 0.4) is 0 Å². The van der Waals surface area contributed by atoms with Gasteiger partial charge in [0.25, 0.3) is 0 Å². The molecule has 2 nitrogen and oxygen atoms in total. The fourth-order valence-corrected chi connectivity index (χ4v) is 1.73. The molecule has 0 spiro atoms. The number of esters is 1. The Hall–Kier alpha value is -1.37. The second-order valence-electron chi connectivity index (χ2n) is 3.44. The molecule has 0 bridgehead atoms. The van der Waals surface area contributed by atoms with E-state index in [-0.39, 0.29) is 16.6 Å². The van der Waals surface area contributed by atoms with Gasteiger partial charge in [0, 0.05) is 10.5 Å². The summed E-state index contributed by atoms with van der Waals surface area (Å²) in [6.07, 6.45) is -2.59. The molecule has 0 radical (unpaired) electrons. The number of carbonyl (C=O) groups excluding carboxylic acids is 1. The van der Waals surface area contributed by atoms with E-state index in [1.807, 2.05) is 0 Å². The minimum atomic E-state index is -4.77. The molecule has 0 saturated heterocycles. The van der Waals surface area contributed by atoms with E-state index in [2.05, 4.69) is 20.7 Å². The van der Waals surface area contributed by atoms with Crippen LogP contribution >= 0.6 is 15.9 Å². The molecule has 0 unspecified atom stereocenters. The van der Waals surface area contributed by atoms with Crippen LogP contribution in [0.15, 0.2) is 22.7 Å². The van der Waals surface area contributed by atoms with Crippen molar-refractivity contribution in [1.29, 1.82) is 0 Å². The molecule has 7 heteroatoms. The van der Waals surface area contributed by atoms with Gasteiger partial charge in [-0.15, -0.1) is 0 Å². The number of alkyl halides is 3. The molecule has 0 amide bonds. The van der Waals surface area contributed by atoms with Crippen LogP contribution < -0.4 is 0 Å². The first-order valence-electron chi connectivity index (χ1n) is 5.16. The van der Waals surface area contributed by atoms with Crippen LogP contribution in [0.1, 0.15) is 18.1 Å². The molecule has 0 N–H and O–H groups in total. The molecule has 1 aromatic carbocycles. The monoisotopic (exact) mass is 340 g/mol. The summed E-state index contributed by atoms with van der Waals surface area (Å²) in [7, 11) is 0. The Morgan fingerprint density at radius 2 is 2.05 bits per heavy atom. The van der Waals surface area contributed by atoms with Crippen LogP contribution in [-0.2, 0) is 15.7 Å². The lowest BCUT2D eigenvalue weighted by atomic mass is 10.1. The Bertz CT molecular complexity index is 509. The Morgan fingerprint density at radius 1 is 1.42 bits per heavy atom. The predicted molar refractivity (Wildman–Crippen MR) is 64.8 cm³/mol. The highest BCUT2D eigenvalue weighted by molar-refractivity contribution is 9.10. The van der Waals surface area contributed by atoms with Crippen molar-refractivity contribution in [3.63, 3.8) is 0 Å². The average molecular weight is 341 g/mol. The molecule has 0 aliphatic heterocycles. The van der Waals surface area contributed by atoms with Gasteiger partial charge in [-0.25, -0.2) is 9.18 Å². The zero-order valence-electron chi connectivity index (χ0n) is 9.72. The standard InChI is InChI=1S/C12H9BrF4O2/c1-2-19-11(18)4-3-7-5-10(14)8(6-9(7)13)12(15,16)17/h3-6H,2H2,1H3. The van der Waals surface area contributed by atoms with E-state index in [9.17, 15) is 22.4 Å². The lowest BCUT2D eigenvalue weighted by Gasteiger charge is -2.09. The molecule has 0 saturated carbocycles. The summed E-state index contributed by atoms with van der Waals surface area (Å²) in [5.41, 5.74) is -1.26. The molecular weight excluding hydrogens is 332 g/mol. The first kappa shape index (κ1) is 15.7. The van der Waals surface area contributed by atoms with E-state index >= 15 is 0 Å². The lowest BCUT2D eigenvalue weighted by molar-refractivity contribution is -0.140. The first-order valence-corrected chi connectivity index (χ1v) is 5.96. The summed E-state index contributed by atoms with van der Waals surface area (Å²) in [5, 5.41) is 0. The number of halogens is 5. The van der Waals surface area contributed by atoms with Crippen molar-refractivity contribution in [2.45, 2.75) is 13.1 Å². The quantitative estimate of drug-likeness (QED) is 0.468. The summed E-state index contributed by atoms with van der Waals surface area (Å²) in [5.74, 6) is -2.06. The molecule has 0 aromatic heterocycles. The number of ether oxygens (including phenoxy) is 1. The summed E-state index contributed by atoms with van der Waals surface area (Å²) < 4.78 is 55.2. The van der Waals surface area contributed by atoms with Crippen LogP contribution in [0.2, 0.25) is 0 Å². The van der Waals surface area contributed by atoms with Gasteiger partial charge in [0.2, 0.25) is 0 Å². The Kier molecular flexibility index (Phi) is 5.11. The Morgan fingerprint density at radius 3 is 2.58 bits per heavy atom. The second-order valence-corrected chi connectivity index (χ2v) is 4.29. The van der Waals surface area contributed by atoms with E-state index in [1.165, 1.54) is 6.08 Å². The number of rotatable bonds is 3. The second kappa shape index (κ2) is 6.18. The van der Waals surface area contributed by atoms with Crippen LogP contribution in [0.5, 0.6) is 0 Å². The van der Waals surface area contributed by atoms with E-state index in [1.54, 1.807) is 6.92 Å². The zero-order valence-corrected chi connectivity index (χ0v) is 11.3. The van der Waals surface area contributed by atoms with Gasteiger partial charge >= 0.3 is 12.1 Å². The minimum Gasteiger partial charge on any atom is -0.463 e. The fourth-order valence-electron chi connectivity index (χ4n) is 1.26. The molecule has 0 fully saturated rings. The van der Waals surface area contributed by atoms with Crippen molar-refractivity contribution in [3.05, 3.63) is 39.6 Å². The molecule has 0 atom stereocenters. The molecule has 0 heterocycles. The Balaban J connectivity index is 3.06. The van der Waals surface area contributed by atoms with Gasteiger partial charge in [0.1, 0.15) is 5.82 Å². The molecule has 19 heavy (non-hydrogen) atoms. The maximum Gasteiger partial charge on any atom is 0.419 e. The van der Waals surface area contributed by atoms with Crippen LogP contribution in [0.25, 0.3) is 6.08 Å². The van der Waals surface area contributed by atoms with Gasteiger partial charge in [-0.3, -0.25) is 0 Å². The molecule has 1 rings (SSSR count). The lowest BCUT2D eigenvalue weighted by Crippen LogP contribution is -2.08. The maximum absolute atomic E-state index is 13.3. The molecule has 104 valence electrons. The van der Waals surface area contributed by atoms with Gasteiger partial charge in [-0.1, -0.05) is 15.9 Å². The highest BCUT2D eigenvalue weighted by Gasteiger charge is 2.34. The van der Waals surface area contributed by atoms with Crippen molar-refractivity contribution in [3.8, 4) is 0 Å². The minimum absolute atomic E-state index is 0.0294. The first-order chi connectivity index (χ1) is 8.75. The SMILES string of the molecule is CCOC(=O)C=Cc1cc(F)c(C(F)(F)F)cc1Br. The summed E-state index contributed by atoms with van der Waals surface area (Å²) in [6, 6.07) is 1.32. The van der Waals surface area contributed by atoms with Crippen molar-refractivity contribution in [2.24, 2.45) is 0 Å². The van der Waals surface area contributed by atoms with E-state index in [0.717, 1.165) is 6.08 Å². The van der Waals surface area contributed by atoms with Gasteiger partial charge in [-0.05, 0) is 30.7 Å². The molecule has 0 aliphatic rings. The third kappa shape index (κ3) is 4.34. The number of hydrogen-bond donors (Lipinski definition) is 0. The number of benzene rings is 1. The highest BCUT2D eigenvalue weighted by Crippen LogP contribution is 2.34. The number of carbonyl (C=O) groups is 1. The summed E-state index contributed by atoms with van der Waals surface area (Å²) in [4.78, 5) is 11.0. The van der Waals surface area contributed by atoms with Crippen LogP contribution in [0.4, 0.5) is 17.6 Å². The van der Waals surface area contributed by atoms with Gasteiger partial charge in [0.15, 0.2) is 0 Å². The zero-order chi connectivity index (χ0) is 14.6. The van der Waals surface area contributed by atoms with Gasteiger partial charge < -0.3 is 4.74 Å². The van der Waals surface area contributed by atoms with Gasteiger partial charge in [0.05, 0.1) is 12.2 Å². The maximum atomic E-state index is 13.3. The van der Waals surface area contributed by atoms with E-state index in [0.29, 0.717) is 12.1 Å². The largest absolute Gasteiger partial charge is 0.463 e. The smallest absolute Gasteiger partial charge is 0.419 e. The van der Waals surface area contributed by atoms with Crippen molar-refractivity contribution >= 4 is 28.0 Å². The van der Waals surface area contributed by atoms with E-state index in [4.69, 9.17) is 0 Å². The summed E-state index contributed by atoms with van der Waals surface area (Å²) in [6.45, 7) is 1.78. The third-order valence-corrected chi connectivity index (χ3v) is 2.76. The van der Waals surface area contributed by atoms with Crippen molar-refractivity contribution in [2.75, 3.05) is 6.61 Å². The highest BCUT2D eigenvalue weighted by atomic mass is 79.9. The molecule has 1 aromatic rings. The van der Waals surface area contributed by atoms with Crippen LogP contribution in [0, 0.1) is 5.82 Å². The normalized spacial score (nSPS) is 11.9. The van der Waals surface area contributed by atoms with Crippen molar-refractivity contribution < 1.29 is 27.1 Å². The Labute approximate surface area is 115 Å².